The Balaban J connectivity index is 2.00. The first-order chi connectivity index (χ1) is 13.3. The maximum Gasteiger partial charge on any atom is 0.195 e. The zero-order chi connectivity index (χ0) is 20.3. The Bertz CT molecular complexity index is 1110. The van der Waals surface area contributed by atoms with Crippen LogP contribution in [0.5, 0.6) is 11.5 Å². The van der Waals surface area contributed by atoms with Crippen LogP contribution < -0.4 is 0 Å². The zero-order valence-corrected chi connectivity index (χ0v) is 15.0. The summed E-state index contributed by atoms with van der Waals surface area (Å²) in [7, 11) is 0. The van der Waals surface area contributed by atoms with Crippen molar-refractivity contribution in [2.75, 3.05) is 0 Å². The van der Waals surface area contributed by atoms with Crippen molar-refractivity contribution in [1.82, 2.24) is 0 Å². The molecule has 2 aliphatic rings. The fourth-order valence-electron chi connectivity index (χ4n) is 3.75. The van der Waals surface area contributed by atoms with Crippen LogP contribution in [0.15, 0.2) is 58.7 Å². The summed E-state index contributed by atoms with van der Waals surface area (Å²) < 4.78 is 0. The Morgan fingerprint density at radius 3 is 1.29 bits per heavy atom. The average Bonchev–Trinajstić information content (AvgIpc) is 2.66. The van der Waals surface area contributed by atoms with Crippen molar-refractivity contribution in [3.63, 3.8) is 0 Å². The lowest BCUT2D eigenvalue weighted by atomic mass is 9.74. The van der Waals surface area contributed by atoms with Crippen LogP contribution in [0.25, 0.3) is 0 Å². The summed E-state index contributed by atoms with van der Waals surface area (Å²) in [5.74, 6) is -3.01. The first kappa shape index (κ1) is 17.6. The van der Waals surface area contributed by atoms with Crippen LogP contribution >= 0.6 is 0 Å². The fourth-order valence-corrected chi connectivity index (χ4v) is 3.75. The molecule has 4 rings (SSSR count). The number of benzene rings is 2. The van der Waals surface area contributed by atoms with E-state index in [0.29, 0.717) is 0 Å². The molecule has 0 unspecified atom stereocenters. The summed E-state index contributed by atoms with van der Waals surface area (Å²) in [6.45, 7) is 2.78. The molecule has 0 bridgehead atoms. The van der Waals surface area contributed by atoms with Crippen LogP contribution in [0.1, 0.15) is 55.3 Å². The second-order valence-corrected chi connectivity index (χ2v) is 6.72. The lowest BCUT2D eigenvalue weighted by Gasteiger charge is -2.25. The lowest BCUT2D eigenvalue weighted by Crippen LogP contribution is -2.29. The normalized spacial score (nSPS) is 16.5. The van der Waals surface area contributed by atoms with Crippen molar-refractivity contribution >= 4 is 23.1 Å². The van der Waals surface area contributed by atoms with Gasteiger partial charge >= 0.3 is 0 Å². The van der Waals surface area contributed by atoms with E-state index in [0.717, 1.165) is 0 Å². The molecule has 0 fully saturated rings. The molecule has 0 aliphatic heterocycles. The quantitative estimate of drug-likeness (QED) is 0.793. The molecule has 2 aliphatic carbocycles. The van der Waals surface area contributed by atoms with E-state index in [9.17, 15) is 29.4 Å². The van der Waals surface area contributed by atoms with Crippen LogP contribution in [0, 0.1) is 0 Å². The van der Waals surface area contributed by atoms with E-state index in [1.54, 1.807) is 0 Å². The number of phenols is 2. The number of carbonyl (C=O) groups excluding carboxylic acids is 4. The summed E-state index contributed by atoms with van der Waals surface area (Å²) in [6, 6.07) is 8.27. The SMILES string of the molecule is CC1=C(C2=C(C)C(=O)c3c(O)cccc3C2=O)C(=O)c2cccc(O)c2C1=O. The summed E-state index contributed by atoms with van der Waals surface area (Å²) in [4.78, 5) is 51.9. The smallest absolute Gasteiger partial charge is 0.195 e. The number of rotatable bonds is 1. The van der Waals surface area contributed by atoms with E-state index in [1.165, 1.54) is 50.2 Å². The van der Waals surface area contributed by atoms with Gasteiger partial charge in [0, 0.05) is 33.4 Å². The number of fused-ring (bicyclic) bond motifs is 2. The van der Waals surface area contributed by atoms with Crippen LogP contribution in [-0.4, -0.2) is 33.3 Å². The van der Waals surface area contributed by atoms with E-state index >= 15 is 0 Å². The molecule has 2 N–H and O–H groups in total. The van der Waals surface area contributed by atoms with Gasteiger partial charge in [0.15, 0.2) is 23.1 Å². The highest BCUT2D eigenvalue weighted by molar-refractivity contribution is 6.37. The summed E-state index contributed by atoms with van der Waals surface area (Å²) in [5, 5.41) is 20.0. The molecule has 6 heteroatoms. The van der Waals surface area contributed by atoms with E-state index in [4.69, 9.17) is 0 Å². The summed E-state index contributed by atoms with van der Waals surface area (Å²) >= 11 is 0. The highest BCUT2D eigenvalue weighted by Gasteiger charge is 2.40. The van der Waals surface area contributed by atoms with Crippen molar-refractivity contribution in [1.29, 1.82) is 0 Å². The number of ketones is 4. The van der Waals surface area contributed by atoms with Gasteiger partial charge in [0.05, 0.1) is 11.1 Å². The van der Waals surface area contributed by atoms with Gasteiger partial charge in [-0.25, -0.2) is 0 Å². The van der Waals surface area contributed by atoms with Gasteiger partial charge in [-0.05, 0) is 26.0 Å². The molecule has 6 nitrogen and oxygen atoms in total. The van der Waals surface area contributed by atoms with Crippen LogP contribution in [0.3, 0.4) is 0 Å². The Morgan fingerprint density at radius 1 is 0.571 bits per heavy atom. The molecule has 2 aromatic carbocycles. The van der Waals surface area contributed by atoms with Crippen molar-refractivity contribution in [3.8, 4) is 11.5 Å². The van der Waals surface area contributed by atoms with Gasteiger partial charge in [-0.2, -0.15) is 0 Å². The van der Waals surface area contributed by atoms with Crippen LogP contribution in [0.4, 0.5) is 0 Å². The highest BCUT2D eigenvalue weighted by atomic mass is 16.3. The molecule has 138 valence electrons. The zero-order valence-electron chi connectivity index (χ0n) is 15.0. The second kappa shape index (κ2) is 5.85. The standard InChI is InChI=1S/C22H14O6/c1-9-15(21(27)11-5-3-7-13(23)17(11)19(9)25)16-10(2)20(26)18-12(22(16)28)6-4-8-14(18)24/h3-8,23-24H,1-2H3. The van der Waals surface area contributed by atoms with Crippen LogP contribution in [0.2, 0.25) is 0 Å². The van der Waals surface area contributed by atoms with Crippen molar-refractivity contribution in [3.05, 3.63) is 80.9 Å². The average molecular weight is 374 g/mol. The topological polar surface area (TPSA) is 109 Å². The van der Waals surface area contributed by atoms with Gasteiger partial charge in [0.1, 0.15) is 11.5 Å². The van der Waals surface area contributed by atoms with Gasteiger partial charge in [-0.1, -0.05) is 24.3 Å². The molecule has 0 spiro atoms. The first-order valence-corrected chi connectivity index (χ1v) is 8.50. The minimum Gasteiger partial charge on any atom is -0.507 e. The number of phenolic OH excluding ortho intramolecular Hbond substituents is 2. The number of Topliss-reactive ketones (excluding diaryl/α,β-unsaturated/α-hetero) is 4. The maximum atomic E-state index is 13.1. The molecular weight excluding hydrogens is 360 g/mol. The van der Waals surface area contributed by atoms with Crippen molar-refractivity contribution in [2.45, 2.75) is 13.8 Å². The molecular formula is C22H14O6. The van der Waals surface area contributed by atoms with Crippen molar-refractivity contribution in [2.24, 2.45) is 0 Å². The molecule has 0 saturated carbocycles. The molecule has 0 aromatic heterocycles. The summed E-state index contributed by atoms with van der Waals surface area (Å²) in [6.07, 6.45) is 0. The number of allylic oxidation sites excluding steroid dienone is 4. The van der Waals surface area contributed by atoms with Gasteiger partial charge in [-0.3, -0.25) is 19.2 Å². The number of carbonyl (C=O) groups is 4. The number of hydrogen-bond acceptors (Lipinski definition) is 6. The lowest BCUT2D eigenvalue weighted by molar-refractivity contribution is 0.0950. The third kappa shape index (κ3) is 2.15. The fraction of sp³-hybridized carbons (Fsp3) is 0.0909. The molecule has 0 saturated heterocycles. The Morgan fingerprint density at radius 2 is 0.929 bits per heavy atom. The van der Waals surface area contributed by atoms with E-state index in [2.05, 4.69) is 0 Å². The molecule has 28 heavy (non-hydrogen) atoms. The third-order valence-electron chi connectivity index (χ3n) is 5.16. The largest absolute Gasteiger partial charge is 0.507 e. The Labute approximate surface area is 159 Å². The minimum atomic E-state index is -0.609. The van der Waals surface area contributed by atoms with E-state index < -0.39 is 23.1 Å². The predicted octanol–water partition coefficient (Wildman–Crippen LogP) is 3.19. The maximum absolute atomic E-state index is 13.1. The van der Waals surface area contributed by atoms with Crippen molar-refractivity contribution < 1.29 is 29.4 Å². The minimum absolute atomic E-state index is 0.0156. The monoisotopic (exact) mass is 374 g/mol. The van der Waals surface area contributed by atoms with E-state index in [1.807, 2.05) is 0 Å². The van der Waals surface area contributed by atoms with Gasteiger partial charge in [-0.15, -0.1) is 0 Å². The Hall–Kier alpha value is -3.80. The number of hydrogen-bond donors (Lipinski definition) is 2. The van der Waals surface area contributed by atoms with Gasteiger partial charge < -0.3 is 10.2 Å². The molecule has 2 aromatic rings. The second-order valence-electron chi connectivity index (χ2n) is 6.72. The number of aromatic hydroxyl groups is 2. The third-order valence-corrected chi connectivity index (χ3v) is 5.16. The highest BCUT2D eigenvalue weighted by Crippen LogP contribution is 2.40. The first-order valence-electron chi connectivity index (χ1n) is 8.50. The van der Waals surface area contributed by atoms with Gasteiger partial charge in [0.25, 0.3) is 0 Å². The predicted molar refractivity (Wildman–Crippen MR) is 98.9 cm³/mol. The molecule has 0 radical (unpaired) electrons. The Kier molecular flexibility index (Phi) is 3.68. The molecule has 0 amide bonds. The summed E-state index contributed by atoms with van der Waals surface area (Å²) in [5.41, 5.74) is -0.586. The van der Waals surface area contributed by atoms with E-state index in [-0.39, 0.29) is 56.0 Å². The van der Waals surface area contributed by atoms with Gasteiger partial charge in [0.2, 0.25) is 0 Å². The van der Waals surface area contributed by atoms with Crippen LogP contribution in [-0.2, 0) is 0 Å². The molecule has 0 atom stereocenters. The molecule has 0 heterocycles.